The number of anilines is 1. The highest BCUT2D eigenvalue weighted by Crippen LogP contribution is 2.25. The molecule has 152 valence electrons. The van der Waals surface area contributed by atoms with Crippen molar-refractivity contribution in [3.05, 3.63) is 75.8 Å². The molecule has 0 bridgehead atoms. The predicted molar refractivity (Wildman–Crippen MR) is 106 cm³/mol. The number of rotatable bonds is 5. The summed E-state index contributed by atoms with van der Waals surface area (Å²) in [5.74, 6) is -1.36. The van der Waals surface area contributed by atoms with Crippen molar-refractivity contribution in [3.63, 3.8) is 0 Å². The fraction of sp³-hybridized carbons (Fsp3) is 0.100. The van der Waals surface area contributed by atoms with Crippen LogP contribution in [0.25, 0.3) is 22.4 Å². The van der Waals surface area contributed by atoms with Crippen molar-refractivity contribution in [2.24, 2.45) is 0 Å². The van der Waals surface area contributed by atoms with E-state index in [0.717, 1.165) is 6.07 Å². The standard InChI is InChI=1S/C20H13ClF2N4O3/c21-14-9-13(23)5-6-15(14)25-16(28)7-8-27-10-24-19-17(20(27)29)18(26-30-19)11-1-3-12(22)4-2-11/h1-6,9-10H,7-8H2,(H,25,28). The highest BCUT2D eigenvalue weighted by Gasteiger charge is 2.17. The minimum atomic E-state index is -0.519. The summed E-state index contributed by atoms with van der Waals surface area (Å²) in [6, 6.07) is 9.05. The summed E-state index contributed by atoms with van der Waals surface area (Å²) in [5, 5.41) is 6.63. The number of halogens is 3. The molecule has 4 rings (SSSR count). The van der Waals surface area contributed by atoms with E-state index < -0.39 is 23.1 Å². The van der Waals surface area contributed by atoms with Gasteiger partial charge in [0.2, 0.25) is 5.91 Å². The molecule has 0 fully saturated rings. The maximum absolute atomic E-state index is 13.2. The van der Waals surface area contributed by atoms with Gasteiger partial charge < -0.3 is 9.84 Å². The third-order valence-corrected chi connectivity index (χ3v) is 4.68. The minimum Gasteiger partial charge on any atom is -0.335 e. The van der Waals surface area contributed by atoms with Gasteiger partial charge in [0.05, 0.1) is 10.7 Å². The lowest BCUT2D eigenvalue weighted by Crippen LogP contribution is -2.23. The van der Waals surface area contributed by atoms with Gasteiger partial charge in [0.15, 0.2) is 0 Å². The Balaban J connectivity index is 1.55. The third kappa shape index (κ3) is 3.92. The number of benzene rings is 2. The summed E-state index contributed by atoms with van der Waals surface area (Å²) in [5.41, 5.74) is 0.586. The number of fused-ring (bicyclic) bond motifs is 1. The van der Waals surface area contributed by atoms with Crippen LogP contribution in [0.1, 0.15) is 6.42 Å². The van der Waals surface area contributed by atoms with Crippen LogP contribution in [0.5, 0.6) is 0 Å². The lowest BCUT2D eigenvalue weighted by Gasteiger charge is -2.08. The smallest absolute Gasteiger partial charge is 0.266 e. The Morgan fingerprint density at radius 3 is 2.60 bits per heavy atom. The molecule has 0 aliphatic rings. The third-order valence-electron chi connectivity index (χ3n) is 4.37. The zero-order valence-electron chi connectivity index (χ0n) is 15.2. The van der Waals surface area contributed by atoms with E-state index in [1.165, 1.54) is 47.3 Å². The van der Waals surface area contributed by atoms with E-state index in [-0.39, 0.29) is 40.5 Å². The Bertz CT molecular complexity index is 1300. The van der Waals surface area contributed by atoms with E-state index in [1.807, 2.05) is 0 Å². The predicted octanol–water partition coefficient (Wildman–Crippen LogP) is 4.01. The molecule has 0 aliphatic carbocycles. The number of nitrogens with zero attached hydrogens (tertiary/aromatic N) is 3. The van der Waals surface area contributed by atoms with Crippen molar-refractivity contribution in [3.8, 4) is 11.3 Å². The average molecular weight is 431 g/mol. The largest absolute Gasteiger partial charge is 0.335 e. The summed E-state index contributed by atoms with van der Waals surface area (Å²) < 4.78 is 32.6. The van der Waals surface area contributed by atoms with E-state index in [4.69, 9.17) is 16.1 Å². The number of amides is 1. The molecule has 2 aromatic carbocycles. The van der Waals surface area contributed by atoms with Gasteiger partial charge in [-0.05, 0) is 42.5 Å². The second kappa shape index (κ2) is 8.03. The summed E-state index contributed by atoms with van der Waals surface area (Å²) >= 11 is 5.89. The van der Waals surface area contributed by atoms with Crippen LogP contribution in [0.15, 0.2) is 58.1 Å². The lowest BCUT2D eigenvalue weighted by atomic mass is 10.1. The maximum Gasteiger partial charge on any atom is 0.266 e. The SMILES string of the molecule is O=C(CCn1cnc2onc(-c3ccc(F)cc3)c2c1=O)Nc1ccc(F)cc1Cl. The van der Waals surface area contributed by atoms with Crippen LogP contribution in [0.4, 0.5) is 14.5 Å². The number of aryl methyl sites for hydroxylation is 1. The number of hydrogen-bond acceptors (Lipinski definition) is 5. The highest BCUT2D eigenvalue weighted by atomic mass is 35.5. The molecule has 0 saturated carbocycles. The summed E-state index contributed by atoms with van der Waals surface area (Å²) in [6.07, 6.45) is 1.19. The molecule has 0 saturated heterocycles. The Labute approximate surface area is 172 Å². The van der Waals surface area contributed by atoms with E-state index in [1.54, 1.807) is 0 Å². The number of nitrogens with one attached hydrogen (secondary N) is 1. The Morgan fingerprint density at radius 2 is 1.87 bits per heavy atom. The monoisotopic (exact) mass is 430 g/mol. The molecular weight excluding hydrogens is 418 g/mol. The first-order chi connectivity index (χ1) is 14.4. The summed E-state index contributed by atoms with van der Waals surface area (Å²) in [6.45, 7) is 0.0282. The highest BCUT2D eigenvalue weighted by molar-refractivity contribution is 6.33. The Kier molecular flexibility index (Phi) is 5.28. The first-order valence-corrected chi connectivity index (χ1v) is 9.16. The fourth-order valence-corrected chi connectivity index (χ4v) is 3.08. The molecule has 1 N–H and O–H groups in total. The van der Waals surface area contributed by atoms with Crippen molar-refractivity contribution >= 4 is 34.3 Å². The zero-order valence-corrected chi connectivity index (χ0v) is 16.0. The molecule has 0 spiro atoms. The number of carbonyl (C=O) groups is 1. The molecule has 0 radical (unpaired) electrons. The molecule has 2 aromatic heterocycles. The van der Waals surface area contributed by atoms with E-state index >= 15 is 0 Å². The molecule has 4 aromatic rings. The molecule has 0 atom stereocenters. The Morgan fingerprint density at radius 1 is 1.13 bits per heavy atom. The second-order valence-corrected chi connectivity index (χ2v) is 6.79. The molecule has 10 heteroatoms. The maximum atomic E-state index is 13.2. The summed E-state index contributed by atoms with van der Waals surface area (Å²) in [7, 11) is 0. The van der Waals surface area contributed by atoms with Crippen molar-refractivity contribution in [2.45, 2.75) is 13.0 Å². The van der Waals surface area contributed by atoms with Gasteiger partial charge >= 0.3 is 0 Å². The number of carbonyl (C=O) groups excluding carboxylic acids is 1. The first-order valence-electron chi connectivity index (χ1n) is 8.78. The molecule has 0 unspecified atom stereocenters. The molecular formula is C20H13ClF2N4O3. The van der Waals surface area contributed by atoms with Gasteiger partial charge in [0.25, 0.3) is 11.3 Å². The fourth-order valence-electron chi connectivity index (χ4n) is 2.87. The van der Waals surface area contributed by atoms with Gasteiger partial charge in [-0.1, -0.05) is 16.8 Å². The summed E-state index contributed by atoms with van der Waals surface area (Å²) in [4.78, 5) is 29.1. The zero-order chi connectivity index (χ0) is 21.3. The van der Waals surface area contributed by atoms with Crippen molar-refractivity contribution in [2.75, 3.05) is 5.32 Å². The molecule has 7 nitrogen and oxygen atoms in total. The first kappa shape index (κ1) is 19.7. The van der Waals surface area contributed by atoms with Crippen LogP contribution in [-0.2, 0) is 11.3 Å². The normalized spacial score (nSPS) is 11.0. The van der Waals surface area contributed by atoms with Crippen molar-refractivity contribution in [1.82, 2.24) is 14.7 Å². The van der Waals surface area contributed by atoms with Gasteiger partial charge in [0.1, 0.15) is 29.0 Å². The van der Waals surface area contributed by atoms with Gasteiger partial charge in [-0.15, -0.1) is 0 Å². The topological polar surface area (TPSA) is 90.0 Å². The number of hydrogen-bond donors (Lipinski definition) is 1. The quantitative estimate of drug-likeness (QED) is 0.516. The molecule has 1 amide bonds. The van der Waals surface area contributed by atoms with Gasteiger partial charge in [-0.25, -0.2) is 13.8 Å². The van der Waals surface area contributed by atoms with Crippen molar-refractivity contribution in [1.29, 1.82) is 0 Å². The minimum absolute atomic E-state index is 0.0282. The van der Waals surface area contributed by atoms with Crippen LogP contribution in [-0.4, -0.2) is 20.6 Å². The van der Waals surface area contributed by atoms with Crippen LogP contribution in [0, 0.1) is 11.6 Å². The van der Waals surface area contributed by atoms with E-state index in [9.17, 15) is 18.4 Å². The van der Waals surface area contributed by atoms with E-state index in [2.05, 4.69) is 15.5 Å². The van der Waals surface area contributed by atoms with Gasteiger partial charge in [0, 0.05) is 18.5 Å². The van der Waals surface area contributed by atoms with Gasteiger partial charge in [-0.3, -0.25) is 14.2 Å². The Hall–Kier alpha value is -3.59. The molecule has 2 heterocycles. The van der Waals surface area contributed by atoms with Crippen LogP contribution in [0.3, 0.4) is 0 Å². The van der Waals surface area contributed by atoms with E-state index in [0.29, 0.717) is 5.56 Å². The molecule has 0 aliphatic heterocycles. The lowest BCUT2D eigenvalue weighted by molar-refractivity contribution is -0.116. The van der Waals surface area contributed by atoms with Crippen LogP contribution >= 0.6 is 11.6 Å². The van der Waals surface area contributed by atoms with Crippen LogP contribution < -0.4 is 10.9 Å². The average Bonchev–Trinajstić information content (AvgIpc) is 3.15. The number of aromatic nitrogens is 3. The second-order valence-electron chi connectivity index (χ2n) is 6.38. The van der Waals surface area contributed by atoms with Gasteiger partial charge in [-0.2, -0.15) is 0 Å². The molecule has 30 heavy (non-hydrogen) atoms. The van der Waals surface area contributed by atoms with Crippen LogP contribution in [0.2, 0.25) is 5.02 Å². The van der Waals surface area contributed by atoms with Crippen molar-refractivity contribution < 1.29 is 18.1 Å².